The van der Waals surface area contributed by atoms with Gasteiger partial charge in [-0.1, -0.05) is 0 Å². The van der Waals surface area contributed by atoms with Crippen molar-refractivity contribution in [3.05, 3.63) is 0 Å². The molecule has 0 bridgehead atoms. The standard InChI is InChI=1S/C10H19ClN2O/c1-12-4-5-14-10(7-12)8-13-3-2-9(11)6-13/h9-10H,2-8H2,1H3. The number of likely N-dealkylation sites (tertiary alicyclic amines) is 1. The maximum atomic E-state index is 6.06. The van der Waals surface area contributed by atoms with Gasteiger partial charge in [0.2, 0.25) is 0 Å². The Balaban J connectivity index is 1.74. The maximum Gasteiger partial charge on any atom is 0.0829 e. The van der Waals surface area contributed by atoms with E-state index in [1.54, 1.807) is 0 Å². The van der Waals surface area contributed by atoms with Gasteiger partial charge in [0.05, 0.1) is 12.7 Å². The number of nitrogens with zero attached hydrogens (tertiary/aromatic N) is 2. The first-order valence-corrected chi connectivity index (χ1v) is 5.84. The van der Waals surface area contributed by atoms with Crippen molar-refractivity contribution in [3.63, 3.8) is 0 Å². The van der Waals surface area contributed by atoms with E-state index in [1.807, 2.05) is 0 Å². The van der Waals surface area contributed by atoms with Crippen molar-refractivity contribution < 1.29 is 4.74 Å². The molecule has 2 fully saturated rings. The van der Waals surface area contributed by atoms with Crippen LogP contribution in [-0.2, 0) is 4.74 Å². The van der Waals surface area contributed by atoms with Gasteiger partial charge in [-0.3, -0.25) is 4.90 Å². The summed E-state index contributed by atoms with van der Waals surface area (Å²) < 4.78 is 5.72. The first-order valence-electron chi connectivity index (χ1n) is 5.40. The Morgan fingerprint density at radius 3 is 2.86 bits per heavy atom. The Morgan fingerprint density at radius 1 is 1.36 bits per heavy atom. The predicted octanol–water partition coefficient (Wildman–Crippen LogP) is 0.630. The highest BCUT2D eigenvalue weighted by Gasteiger charge is 2.25. The maximum absolute atomic E-state index is 6.06. The number of rotatable bonds is 2. The smallest absolute Gasteiger partial charge is 0.0829 e. The number of likely N-dealkylation sites (N-methyl/N-ethyl adjacent to an activating group) is 1. The van der Waals surface area contributed by atoms with Gasteiger partial charge in [-0.05, 0) is 20.0 Å². The van der Waals surface area contributed by atoms with Crippen molar-refractivity contribution in [1.29, 1.82) is 0 Å². The van der Waals surface area contributed by atoms with Crippen molar-refractivity contribution in [3.8, 4) is 0 Å². The quantitative estimate of drug-likeness (QED) is 0.633. The lowest BCUT2D eigenvalue weighted by Crippen LogP contribution is -2.45. The molecule has 2 aliphatic heterocycles. The first-order chi connectivity index (χ1) is 6.74. The molecule has 0 aromatic carbocycles. The summed E-state index contributed by atoms with van der Waals surface area (Å²) in [6, 6.07) is 0. The molecule has 2 saturated heterocycles. The summed E-state index contributed by atoms with van der Waals surface area (Å²) in [5, 5.41) is 0.358. The molecule has 0 amide bonds. The fourth-order valence-corrected chi connectivity index (χ4v) is 2.51. The lowest BCUT2D eigenvalue weighted by molar-refractivity contribution is -0.0327. The number of halogens is 1. The van der Waals surface area contributed by atoms with E-state index in [0.717, 1.165) is 45.8 Å². The van der Waals surface area contributed by atoms with Crippen LogP contribution in [-0.4, -0.2) is 67.7 Å². The minimum absolute atomic E-state index is 0.358. The number of hydrogen-bond donors (Lipinski definition) is 0. The summed E-state index contributed by atoms with van der Waals surface area (Å²) in [6.07, 6.45) is 1.51. The molecule has 0 radical (unpaired) electrons. The molecule has 2 aliphatic rings. The zero-order chi connectivity index (χ0) is 9.97. The third-order valence-corrected chi connectivity index (χ3v) is 3.37. The zero-order valence-electron chi connectivity index (χ0n) is 8.79. The van der Waals surface area contributed by atoms with Crippen LogP contribution in [0.15, 0.2) is 0 Å². The van der Waals surface area contributed by atoms with E-state index in [1.165, 1.54) is 0 Å². The number of hydrogen-bond acceptors (Lipinski definition) is 3. The number of ether oxygens (including phenoxy) is 1. The number of alkyl halides is 1. The minimum atomic E-state index is 0.358. The molecule has 82 valence electrons. The van der Waals surface area contributed by atoms with Crippen LogP contribution in [0.4, 0.5) is 0 Å². The van der Waals surface area contributed by atoms with Gasteiger partial charge in [-0.25, -0.2) is 0 Å². The van der Waals surface area contributed by atoms with Gasteiger partial charge in [0.25, 0.3) is 0 Å². The Bertz CT molecular complexity index is 191. The lowest BCUT2D eigenvalue weighted by Gasteiger charge is -2.32. The Morgan fingerprint density at radius 2 is 2.21 bits per heavy atom. The van der Waals surface area contributed by atoms with Gasteiger partial charge in [0.1, 0.15) is 0 Å². The van der Waals surface area contributed by atoms with E-state index in [-0.39, 0.29) is 0 Å². The van der Waals surface area contributed by atoms with E-state index in [4.69, 9.17) is 16.3 Å². The average molecular weight is 219 g/mol. The summed E-state index contributed by atoms with van der Waals surface area (Å²) in [6.45, 7) is 6.22. The zero-order valence-corrected chi connectivity index (χ0v) is 9.54. The molecular formula is C10H19ClN2O. The van der Waals surface area contributed by atoms with Gasteiger partial charge in [0.15, 0.2) is 0 Å². The summed E-state index contributed by atoms with van der Waals surface area (Å²) in [5.41, 5.74) is 0. The van der Waals surface area contributed by atoms with E-state index in [2.05, 4.69) is 16.8 Å². The molecule has 2 rings (SSSR count). The fraction of sp³-hybridized carbons (Fsp3) is 1.00. The van der Waals surface area contributed by atoms with Gasteiger partial charge >= 0.3 is 0 Å². The summed E-state index contributed by atoms with van der Waals surface area (Å²) in [5.74, 6) is 0. The molecule has 2 heterocycles. The van der Waals surface area contributed by atoms with Crippen molar-refractivity contribution in [1.82, 2.24) is 9.80 Å². The van der Waals surface area contributed by atoms with Gasteiger partial charge in [-0.2, -0.15) is 0 Å². The van der Waals surface area contributed by atoms with E-state index in [0.29, 0.717) is 11.5 Å². The van der Waals surface area contributed by atoms with Crippen molar-refractivity contribution >= 4 is 11.6 Å². The molecule has 0 aromatic rings. The third kappa shape index (κ3) is 2.83. The lowest BCUT2D eigenvalue weighted by atomic mass is 10.2. The molecule has 4 heteroatoms. The van der Waals surface area contributed by atoms with E-state index < -0.39 is 0 Å². The SMILES string of the molecule is CN1CCOC(CN2CCC(Cl)C2)C1. The second-order valence-electron chi connectivity index (χ2n) is 4.40. The molecule has 0 aliphatic carbocycles. The molecule has 2 atom stereocenters. The molecule has 14 heavy (non-hydrogen) atoms. The normalized spacial score (nSPS) is 36.4. The molecule has 0 saturated carbocycles. The molecule has 0 N–H and O–H groups in total. The molecular weight excluding hydrogens is 200 g/mol. The van der Waals surface area contributed by atoms with Crippen LogP contribution in [0.25, 0.3) is 0 Å². The van der Waals surface area contributed by atoms with Crippen molar-refractivity contribution in [2.24, 2.45) is 0 Å². The summed E-state index contributed by atoms with van der Waals surface area (Å²) in [7, 11) is 2.16. The second kappa shape index (κ2) is 4.79. The number of morpholine rings is 1. The molecule has 0 aromatic heterocycles. The largest absolute Gasteiger partial charge is 0.374 e. The van der Waals surface area contributed by atoms with E-state index >= 15 is 0 Å². The highest BCUT2D eigenvalue weighted by atomic mass is 35.5. The Labute approximate surface area is 90.9 Å². The second-order valence-corrected chi connectivity index (χ2v) is 5.02. The van der Waals surface area contributed by atoms with Crippen molar-refractivity contribution in [2.45, 2.75) is 17.9 Å². The molecule has 3 nitrogen and oxygen atoms in total. The van der Waals surface area contributed by atoms with E-state index in [9.17, 15) is 0 Å². The van der Waals surface area contributed by atoms with Crippen LogP contribution in [0, 0.1) is 0 Å². The summed E-state index contributed by atoms with van der Waals surface area (Å²) in [4.78, 5) is 4.75. The molecule has 2 unspecified atom stereocenters. The summed E-state index contributed by atoms with van der Waals surface area (Å²) >= 11 is 6.06. The van der Waals surface area contributed by atoms with Crippen LogP contribution in [0.1, 0.15) is 6.42 Å². The van der Waals surface area contributed by atoms with Crippen LogP contribution < -0.4 is 0 Å². The monoisotopic (exact) mass is 218 g/mol. The van der Waals surface area contributed by atoms with Crippen LogP contribution in [0.3, 0.4) is 0 Å². The highest BCUT2D eigenvalue weighted by Crippen LogP contribution is 2.16. The minimum Gasteiger partial charge on any atom is -0.374 e. The van der Waals surface area contributed by atoms with Crippen LogP contribution >= 0.6 is 11.6 Å². The third-order valence-electron chi connectivity index (χ3n) is 3.02. The Kier molecular flexibility index (Phi) is 3.66. The Hall–Kier alpha value is 0.170. The van der Waals surface area contributed by atoms with Gasteiger partial charge in [0, 0.05) is 31.6 Å². The first kappa shape index (κ1) is 10.7. The fourth-order valence-electron chi connectivity index (χ4n) is 2.22. The predicted molar refractivity (Wildman–Crippen MR) is 57.9 cm³/mol. The van der Waals surface area contributed by atoms with Crippen LogP contribution in [0.2, 0.25) is 0 Å². The van der Waals surface area contributed by atoms with Gasteiger partial charge < -0.3 is 9.64 Å². The van der Waals surface area contributed by atoms with Gasteiger partial charge in [-0.15, -0.1) is 11.6 Å². The molecule has 0 spiro atoms. The van der Waals surface area contributed by atoms with Crippen LogP contribution in [0.5, 0.6) is 0 Å². The highest BCUT2D eigenvalue weighted by molar-refractivity contribution is 6.20. The van der Waals surface area contributed by atoms with Crippen molar-refractivity contribution in [2.75, 3.05) is 46.4 Å². The topological polar surface area (TPSA) is 15.7 Å². The average Bonchev–Trinajstić information content (AvgIpc) is 2.51.